The van der Waals surface area contributed by atoms with E-state index in [1.807, 2.05) is 0 Å². The number of hydrogen-bond acceptors (Lipinski definition) is 4. The van der Waals surface area contributed by atoms with E-state index in [1.54, 1.807) is 30.3 Å². The van der Waals surface area contributed by atoms with Gasteiger partial charge in [-0.05, 0) is 30.2 Å². The first kappa shape index (κ1) is 17.8. The van der Waals surface area contributed by atoms with Gasteiger partial charge in [0.1, 0.15) is 0 Å². The lowest BCUT2D eigenvalue weighted by Gasteiger charge is -2.27. The number of carbonyl (C=O) groups excluding carboxylic acids is 1. The van der Waals surface area contributed by atoms with Crippen LogP contribution in [0.2, 0.25) is 0 Å². The summed E-state index contributed by atoms with van der Waals surface area (Å²) in [5, 5.41) is 15.2. The molecule has 0 radical (unpaired) electrons. The van der Waals surface area contributed by atoms with E-state index in [9.17, 15) is 14.3 Å². The number of amides is 2. The molecule has 0 bridgehead atoms. The Morgan fingerprint density at radius 1 is 1.38 bits per heavy atom. The number of aromatic hydroxyl groups is 1. The van der Waals surface area contributed by atoms with E-state index in [0.29, 0.717) is 37.3 Å². The van der Waals surface area contributed by atoms with Crippen LogP contribution in [-0.2, 0) is 6.42 Å². The summed E-state index contributed by atoms with van der Waals surface area (Å²) in [6, 6.07) is 9.15. The second-order valence-corrected chi connectivity index (χ2v) is 6.00. The summed E-state index contributed by atoms with van der Waals surface area (Å²) in [5.74, 6) is 0.260. The van der Waals surface area contributed by atoms with Gasteiger partial charge in [-0.25, -0.2) is 9.18 Å². The number of para-hydroxylation sites is 1. The highest BCUT2D eigenvalue weighted by molar-refractivity contribution is 5.74. The molecule has 2 aromatic rings. The van der Waals surface area contributed by atoms with Gasteiger partial charge in [-0.15, -0.1) is 0 Å². The van der Waals surface area contributed by atoms with Gasteiger partial charge in [-0.3, -0.25) is 0 Å². The number of methoxy groups -OCH3 is 1. The van der Waals surface area contributed by atoms with Crippen molar-refractivity contribution < 1.29 is 23.8 Å². The molecule has 138 valence electrons. The molecule has 0 fully saturated rings. The number of nitrogens with one attached hydrogen (secondary N) is 2. The molecule has 26 heavy (non-hydrogen) atoms. The van der Waals surface area contributed by atoms with E-state index in [4.69, 9.17) is 9.47 Å². The molecule has 3 N–H and O–H groups in total. The van der Waals surface area contributed by atoms with Crippen molar-refractivity contribution in [2.75, 3.05) is 20.3 Å². The summed E-state index contributed by atoms with van der Waals surface area (Å²) in [5.41, 5.74) is 1.58. The molecule has 6 nitrogen and oxygen atoms in total. The minimum absolute atomic E-state index is 0.0763. The molecule has 2 amide bonds. The summed E-state index contributed by atoms with van der Waals surface area (Å²) in [6.07, 6.45) is 1.17. The molecule has 0 aromatic heterocycles. The molecule has 0 unspecified atom stereocenters. The summed E-state index contributed by atoms with van der Waals surface area (Å²) in [6.45, 7) is 0.769. The number of halogens is 1. The van der Waals surface area contributed by atoms with Crippen LogP contribution in [0.1, 0.15) is 23.6 Å². The van der Waals surface area contributed by atoms with Crippen LogP contribution >= 0.6 is 0 Å². The van der Waals surface area contributed by atoms with Gasteiger partial charge in [0, 0.05) is 18.5 Å². The van der Waals surface area contributed by atoms with E-state index >= 15 is 0 Å². The zero-order valence-electron chi connectivity index (χ0n) is 14.4. The predicted octanol–water partition coefficient (Wildman–Crippen LogP) is 2.91. The van der Waals surface area contributed by atoms with Crippen molar-refractivity contribution in [1.29, 1.82) is 0 Å². The lowest BCUT2D eigenvalue weighted by molar-refractivity contribution is 0.220. The zero-order chi connectivity index (χ0) is 18.5. The van der Waals surface area contributed by atoms with Gasteiger partial charge in [-0.2, -0.15) is 0 Å². The highest BCUT2D eigenvalue weighted by Crippen LogP contribution is 2.33. The molecule has 2 aromatic carbocycles. The smallest absolute Gasteiger partial charge is 0.315 e. The van der Waals surface area contributed by atoms with Crippen LogP contribution < -0.4 is 20.1 Å². The molecular formula is C19H21FN2O4. The van der Waals surface area contributed by atoms with Crippen LogP contribution in [0, 0.1) is 5.82 Å². The number of benzene rings is 2. The van der Waals surface area contributed by atoms with Gasteiger partial charge >= 0.3 is 6.03 Å². The van der Waals surface area contributed by atoms with Crippen LogP contribution in [0.5, 0.6) is 17.2 Å². The molecule has 7 heteroatoms. The Bertz CT molecular complexity index is 797. The normalized spacial score (nSPS) is 15.5. The van der Waals surface area contributed by atoms with Crippen LogP contribution in [-0.4, -0.2) is 31.4 Å². The van der Waals surface area contributed by atoms with E-state index in [2.05, 4.69) is 10.6 Å². The average molecular weight is 360 g/mol. The molecule has 1 aliphatic rings. The fourth-order valence-electron chi connectivity index (χ4n) is 2.94. The van der Waals surface area contributed by atoms with E-state index in [1.165, 1.54) is 13.2 Å². The zero-order valence-corrected chi connectivity index (χ0v) is 14.4. The maximum absolute atomic E-state index is 13.8. The molecule has 0 saturated heterocycles. The number of carbonyl (C=O) groups is 1. The van der Waals surface area contributed by atoms with Gasteiger partial charge in [0.15, 0.2) is 23.1 Å². The Morgan fingerprint density at radius 3 is 3.04 bits per heavy atom. The number of rotatable bonds is 5. The molecule has 1 atom stereocenters. The lowest BCUT2D eigenvalue weighted by Crippen LogP contribution is -2.40. The van der Waals surface area contributed by atoms with E-state index < -0.39 is 5.82 Å². The third kappa shape index (κ3) is 3.99. The largest absolute Gasteiger partial charge is 0.504 e. The van der Waals surface area contributed by atoms with Gasteiger partial charge < -0.3 is 25.2 Å². The first-order valence-corrected chi connectivity index (χ1v) is 8.40. The molecule has 1 heterocycles. The first-order valence-electron chi connectivity index (χ1n) is 8.40. The van der Waals surface area contributed by atoms with Crippen LogP contribution in [0.15, 0.2) is 36.4 Å². The third-order valence-corrected chi connectivity index (χ3v) is 4.27. The summed E-state index contributed by atoms with van der Waals surface area (Å²) in [7, 11) is 1.49. The fraction of sp³-hybridized carbons (Fsp3) is 0.316. The van der Waals surface area contributed by atoms with Crippen molar-refractivity contribution in [3.8, 4) is 17.2 Å². The van der Waals surface area contributed by atoms with Gasteiger partial charge in [-0.1, -0.05) is 18.2 Å². The maximum atomic E-state index is 13.8. The Kier molecular flexibility index (Phi) is 5.46. The van der Waals surface area contributed by atoms with Crippen molar-refractivity contribution >= 4 is 6.03 Å². The number of ether oxygens (including phenoxy) is 2. The quantitative estimate of drug-likeness (QED) is 0.766. The number of fused-ring (bicyclic) bond motifs is 1. The topological polar surface area (TPSA) is 79.8 Å². The molecule has 0 spiro atoms. The fourth-order valence-corrected chi connectivity index (χ4v) is 2.94. The molecule has 1 aliphatic heterocycles. The summed E-state index contributed by atoms with van der Waals surface area (Å²) < 4.78 is 24.2. The van der Waals surface area contributed by atoms with Crippen LogP contribution in [0.3, 0.4) is 0 Å². The lowest BCUT2D eigenvalue weighted by atomic mass is 10.0. The Morgan fingerprint density at radius 2 is 2.23 bits per heavy atom. The SMILES string of the molecule is COc1cc(CCNC(=O)N[C@H]2CCOc3c(F)cccc32)ccc1O. The summed E-state index contributed by atoms with van der Waals surface area (Å²) >= 11 is 0. The van der Waals surface area contributed by atoms with Crippen molar-refractivity contribution in [3.05, 3.63) is 53.3 Å². The molecule has 0 aliphatic carbocycles. The predicted molar refractivity (Wildman–Crippen MR) is 94.2 cm³/mol. The number of urea groups is 1. The average Bonchev–Trinajstić information content (AvgIpc) is 2.64. The van der Waals surface area contributed by atoms with Crippen molar-refractivity contribution in [2.45, 2.75) is 18.9 Å². The Hall–Kier alpha value is -2.96. The minimum Gasteiger partial charge on any atom is -0.504 e. The molecule has 0 saturated carbocycles. The highest BCUT2D eigenvalue weighted by Gasteiger charge is 2.25. The number of phenolic OH excluding ortho intramolecular Hbond substituents is 1. The van der Waals surface area contributed by atoms with Crippen LogP contribution in [0.4, 0.5) is 9.18 Å². The van der Waals surface area contributed by atoms with E-state index in [-0.39, 0.29) is 23.6 Å². The summed E-state index contributed by atoms with van der Waals surface area (Å²) in [4.78, 5) is 12.2. The monoisotopic (exact) mass is 360 g/mol. The van der Waals surface area contributed by atoms with E-state index in [0.717, 1.165) is 5.56 Å². The maximum Gasteiger partial charge on any atom is 0.315 e. The molecule has 3 rings (SSSR count). The standard InChI is InChI=1S/C19H21FN2O4/c1-25-17-11-12(5-6-16(17)23)7-9-21-19(24)22-15-8-10-26-18-13(15)3-2-4-14(18)20/h2-6,11,15,23H,7-10H2,1H3,(H2,21,22,24)/t15-/m0/s1. The minimum atomic E-state index is -0.421. The first-order chi connectivity index (χ1) is 12.6. The third-order valence-electron chi connectivity index (χ3n) is 4.27. The van der Waals surface area contributed by atoms with Gasteiger partial charge in [0.2, 0.25) is 0 Å². The molecular weight excluding hydrogens is 339 g/mol. The van der Waals surface area contributed by atoms with Crippen molar-refractivity contribution in [3.63, 3.8) is 0 Å². The van der Waals surface area contributed by atoms with Crippen molar-refractivity contribution in [2.24, 2.45) is 0 Å². The van der Waals surface area contributed by atoms with Crippen molar-refractivity contribution in [1.82, 2.24) is 10.6 Å². The Balaban J connectivity index is 1.53. The van der Waals surface area contributed by atoms with Gasteiger partial charge in [0.25, 0.3) is 0 Å². The highest BCUT2D eigenvalue weighted by atomic mass is 19.1. The van der Waals surface area contributed by atoms with Gasteiger partial charge in [0.05, 0.1) is 19.8 Å². The number of phenols is 1. The second kappa shape index (κ2) is 7.95. The van der Waals surface area contributed by atoms with Crippen LogP contribution in [0.25, 0.3) is 0 Å². The Labute approximate surface area is 150 Å². The number of hydrogen-bond donors (Lipinski definition) is 3. The second-order valence-electron chi connectivity index (χ2n) is 6.00.